The largest absolute Gasteiger partial charge is 0.494 e. The molecule has 0 saturated heterocycles. The van der Waals surface area contributed by atoms with E-state index < -0.39 is 11.6 Å². The quantitative estimate of drug-likeness (QED) is 0.586. The molecule has 27 heavy (non-hydrogen) atoms. The predicted octanol–water partition coefficient (Wildman–Crippen LogP) is 4.24. The summed E-state index contributed by atoms with van der Waals surface area (Å²) in [4.78, 5) is 0. The Balaban J connectivity index is 2.01. The Kier molecular flexibility index (Phi) is 5.87. The maximum Gasteiger partial charge on any atom is 0.156 e. The van der Waals surface area contributed by atoms with Crippen molar-refractivity contribution < 1.29 is 18.6 Å². The van der Waals surface area contributed by atoms with Crippen molar-refractivity contribution in [2.45, 2.75) is 38.1 Å². The van der Waals surface area contributed by atoms with E-state index in [1.165, 1.54) is 13.2 Å². The van der Waals surface area contributed by atoms with Gasteiger partial charge in [0.15, 0.2) is 5.82 Å². The van der Waals surface area contributed by atoms with Crippen LogP contribution in [-0.2, 0) is 0 Å². The van der Waals surface area contributed by atoms with Gasteiger partial charge in [0.05, 0.1) is 12.8 Å². The molecular weight excluding hydrogens is 369 g/mol. The maximum absolute atomic E-state index is 15.0. The van der Waals surface area contributed by atoms with Gasteiger partial charge < -0.3 is 20.5 Å². The lowest BCUT2D eigenvalue weighted by Crippen LogP contribution is -2.24. The Bertz CT molecular complexity index is 841. The minimum atomic E-state index is -0.485. The van der Waals surface area contributed by atoms with Gasteiger partial charge in [0.2, 0.25) is 0 Å². The van der Waals surface area contributed by atoms with Crippen LogP contribution in [0.5, 0.6) is 5.75 Å². The minimum Gasteiger partial charge on any atom is -0.494 e. The van der Waals surface area contributed by atoms with Gasteiger partial charge in [0.25, 0.3) is 0 Å². The fourth-order valence-corrected chi connectivity index (χ4v) is 3.48. The second kappa shape index (κ2) is 7.99. The summed E-state index contributed by atoms with van der Waals surface area (Å²) in [7, 11) is 3.86. The highest BCUT2D eigenvalue weighted by molar-refractivity contribution is 7.27. The van der Waals surface area contributed by atoms with Crippen molar-refractivity contribution in [3.8, 4) is 5.75 Å². The maximum atomic E-state index is 15.0. The van der Waals surface area contributed by atoms with Crippen molar-refractivity contribution in [3.63, 3.8) is 0 Å². The Morgan fingerprint density at radius 3 is 2.56 bits per heavy atom. The van der Waals surface area contributed by atoms with Crippen molar-refractivity contribution in [1.82, 2.24) is 0 Å². The molecular formula is C20H25F2N2O2P. The molecule has 1 aliphatic carbocycles. The average molecular weight is 394 g/mol. The number of ether oxygens (including phenoxy) is 1. The van der Waals surface area contributed by atoms with Gasteiger partial charge in [-0.1, -0.05) is 6.07 Å². The van der Waals surface area contributed by atoms with Crippen LogP contribution in [0.25, 0.3) is 0 Å². The summed E-state index contributed by atoms with van der Waals surface area (Å²) in [6, 6.07) is 6.36. The molecule has 2 aromatic rings. The molecule has 3 N–H and O–H groups in total. The monoisotopic (exact) mass is 394 g/mol. The molecule has 0 heterocycles. The predicted molar refractivity (Wildman–Crippen MR) is 109 cm³/mol. The lowest BCUT2D eigenvalue weighted by atomic mass is 10.1. The molecule has 1 saturated carbocycles. The number of halogens is 2. The average Bonchev–Trinajstić information content (AvgIpc) is 3.41. The topological polar surface area (TPSA) is 53.5 Å². The molecule has 3 rings (SSSR count). The van der Waals surface area contributed by atoms with Crippen LogP contribution >= 0.6 is 9.24 Å². The van der Waals surface area contributed by atoms with Gasteiger partial charge in [-0.2, -0.15) is 0 Å². The van der Waals surface area contributed by atoms with Crippen LogP contribution in [0.15, 0.2) is 24.3 Å². The summed E-state index contributed by atoms with van der Waals surface area (Å²) >= 11 is 0. The molecule has 0 spiro atoms. The van der Waals surface area contributed by atoms with Crippen LogP contribution in [-0.4, -0.2) is 24.4 Å². The summed E-state index contributed by atoms with van der Waals surface area (Å²) in [5.74, 6) is -0.456. The second-order valence-corrected chi connectivity index (χ2v) is 7.69. The molecule has 0 bridgehead atoms. The number of nitrogens with one attached hydrogen (secondary N) is 2. The highest BCUT2D eigenvalue weighted by Gasteiger charge is 2.43. The molecule has 1 atom stereocenters. The Morgan fingerprint density at radius 1 is 1.22 bits per heavy atom. The number of benzene rings is 2. The van der Waals surface area contributed by atoms with Crippen molar-refractivity contribution in [2.24, 2.45) is 0 Å². The van der Waals surface area contributed by atoms with Gasteiger partial charge >= 0.3 is 0 Å². The SMILES string of the molecule is COc1cc(P)c(F)c(Nc2ccc(C)cc2F)c1NC1(CCCO)CC1. The van der Waals surface area contributed by atoms with Gasteiger partial charge in [-0.25, -0.2) is 8.78 Å². The zero-order valence-electron chi connectivity index (χ0n) is 15.5. The first-order valence-electron chi connectivity index (χ1n) is 8.97. The Labute approximate surface area is 160 Å². The fraction of sp³-hybridized carbons (Fsp3) is 0.400. The number of rotatable bonds is 8. The fourth-order valence-electron chi connectivity index (χ4n) is 3.18. The Hall–Kier alpha value is -1.91. The van der Waals surface area contributed by atoms with E-state index in [-0.39, 0.29) is 23.5 Å². The molecule has 0 amide bonds. The molecule has 1 unspecified atom stereocenters. The highest BCUT2D eigenvalue weighted by atomic mass is 31.0. The number of hydrogen-bond acceptors (Lipinski definition) is 4. The summed E-state index contributed by atoms with van der Waals surface area (Å²) in [6.07, 6.45) is 3.29. The van der Waals surface area contributed by atoms with Crippen molar-refractivity contribution in [2.75, 3.05) is 24.4 Å². The number of methoxy groups -OCH3 is 1. The summed E-state index contributed by atoms with van der Waals surface area (Å²) in [6.45, 7) is 1.91. The smallest absolute Gasteiger partial charge is 0.156 e. The van der Waals surface area contributed by atoms with Crippen LogP contribution in [0.2, 0.25) is 0 Å². The van der Waals surface area contributed by atoms with Gasteiger partial charge in [-0.15, -0.1) is 9.24 Å². The summed E-state index contributed by atoms with van der Waals surface area (Å²) in [5.41, 5.74) is 1.41. The lowest BCUT2D eigenvalue weighted by molar-refractivity contribution is 0.279. The zero-order chi connectivity index (χ0) is 19.6. The van der Waals surface area contributed by atoms with Crippen LogP contribution in [0.3, 0.4) is 0 Å². The molecule has 0 radical (unpaired) electrons. The normalized spacial score (nSPS) is 14.7. The molecule has 2 aromatic carbocycles. The third kappa shape index (κ3) is 4.33. The molecule has 0 aliphatic heterocycles. The van der Waals surface area contributed by atoms with Crippen LogP contribution in [0.4, 0.5) is 25.8 Å². The first-order chi connectivity index (χ1) is 12.9. The van der Waals surface area contributed by atoms with E-state index in [2.05, 4.69) is 19.9 Å². The minimum absolute atomic E-state index is 0.110. The molecule has 4 nitrogen and oxygen atoms in total. The van der Waals surface area contributed by atoms with Gasteiger partial charge in [0, 0.05) is 17.5 Å². The van der Waals surface area contributed by atoms with E-state index in [1.54, 1.807) is 25.1 Å². The van der Waals surface area contributed by atoms with Crippen LogP contribution in [0.1, 0.15) is 31.2 Å². The van der Waals surface area contributed by atoms with Crippen LogP contribution < -0.4 is 20.7 Å². The van der Waals surface area contributed by atoms with Crippen molar-refractivity contribution in [1.29, 1.82) is 0 Å². The Morgan fingerprint density at radius 2 is 1.96 bits per heavy atom. The van der Waals surface area contributed by atoms with Gasteiger partial charge in [0.1, 0.15) is 22.9 Å². The van der Waals surface area contributed by atoms with Crippen molar-refractivity contribution >= 4 is 31.6 Å². The number of aliphatic hydroxyl groups is 1. The third-order valence-electron chi connectivity index (χ3n) is 4.92. The lowest BCUT2D eigenvalue weighted by Gasteiger charge is -2.24. The number of aliphatic hydroxyl groups excluding tert-OH is 1. The highest BCUT2D eigenvalue weighted by Crippen LogP contribution is 2.47. The molecule has 7 heteroatoms. The van der Waals surface area contributed by atoms with Gasteiger partial charge in [-0.3, -0.25) is 0 Å². The standard InChI is InChI=1S/C20H25F2N2O2P/c1-12-4-5-14(13(21)10-12)23-19-17(22)16(27)11-15(26-2)18(19)24-20(7-8-20)6-3-9-25/h4-5,10-11,23-25H,3,6-9,27H2,1-2H3. The second-order valence-electron chi connectivity index (χ2n) is 7.07. The number of aryl methyl sites for hydroxylation is 1. The number of hydrogen-bond donors (Lipinski definition) is 3. The van der Waals surface area contributed by atoms with E-state index in [0.717, 1.165) is 24.8 Å². The summed E-state index contributed by atoms with van der Waals surface area (Å²) < 4.78 is 34.8. The van der Waals surface area contributed by atoms with Gasteiger partial charge in [-0.05, 0) is 56.4 Å². The first-order valence-corrected chi connectivity index (χ1v) is 9.55. The van der Waals surface area contributed by atoms with E-state index in [4.69, 9.17) is 9.84 Å². The molecule has 146 valence electrons. The van der Waals surface area contributed by atoms with E-state index in [0.29, 0.717) is 23.2 Å². The molecule has 0 aromatic heterocycles. The van der Waals surface area contributed by atoms with Crippen LogP contribution in [0, 0.1) is 18.6 Å². The zero-order valence-corrected chi connectivity index (χ0v) is 16.7. The molecule has 1 fully saturated rings. The van der Waals surface area contributed by atoms with E-state index >= 15 is 0 Å². The first kappa shape index (κ1) is 19.8. The van der Waals surface area contributed by atoms with Crippen molar-refractivity contribution in [3.05, 3.63) is 41.5 Å². The van der Waals surface area contributed by atoms with E-state index in [9.17, 15) is 8.78 Å². The third-order valence-corrected chi connectivity index (χ3v) is 5.34. The molecule has 1 aliphatic rings. The number of anilines is 3. The summed E-state index contributed by atoms with van der Waals surface area (Å²) in [5, 5.41) is 15.8. The van der Waals surface area contributed by atoms with E-state index in [1.807, 2.05) is 0 Å².